The van der Waals surface area contributed by atoms with Crippen LogP contribution in [-0.2, 0) is 4.74 Å². The molecule has 0 saturated carbocycles. The van der Waals surface area contributed by atoms with E-state index in [1.54, 1.807) is 12.4 Å². The van der Waals surface area contributed by atoms with Crippen LogP contribution in [0.1, 0.15) is 13.8 Å². The van der Waals surface area contributed by atoms with Crippen molar-refractivity contribution in [2.24, 2.45) is 5.73 Å². The average Bonchev–Trinajstić information content (AvgIpc) is 2.40. The summed E-state index contributed by atoms with van der Waals surface area (Å²) in [5, 5.41) is 0. The lowest BCUT2D eigenvalue weighted by Crippen LogP contribution is -2.28. The van der Waals surface area contributed by atoms with Crippen LogP contribution < -0.4 is 15.4 Å². The minimum atomic E-state index is 0.547. The van der Waals surface area contributed by atoms with Crippen molar-refractivity contribution in [1.29, 1.82) is 0 Å². The molecule has 6 nitrogen and oxygen atoms in total. The van der Waals surface area contributed by atoms with Gasteiger partial charge in [0.2, 0.25) is 5.88 Å². The lowest BCUT2D eigenvalue weighted by Gasteiger charge is -2.21. The molecule has 1 rings (SSSR count). The van der Waals surface area contributed by atoms with Crippen LogP contribution in [0.3, 0.4) is 0 Å². The van der Waals surface area contributed by atoms with Crippen LogP contribution >= 0.6 is 0 Å². The summed E-state index contributed by atoms with van der Waals surface area (Å²) < 4.78 is 10.7. The number of ether oxygens (including phenoxy) is 2. The first-order valence-corrected chi connectivity index (χ1v) is 6.29. The maximum Gasteiger partial charge on any atom is 0.234 e. The fourth-order valence-corrected chi connectivity index (χ4v) is 1.50. The summed E-state index contributed by atoms with van der Waals surface area (Å²) in [4.78, 5) is 10.6. The van der Waals surface area contributed by atoms with Crippen molar-refractivity contribution in [2.75, 3.05) is 44.4 Å². The molecule has 18 heavy (non-hydrogen) atoms. The van der Waals surface area contributed by atoms with Gasteiger partial charge in [0.1, 0.15) is 0 Å². The standard InChI is InChI=1S/C12H22N4O2/c1-3-16(6-8-17-7-5-13)11-9-14-10-12(15-11)18-4-2/h9-10H,3-8,13H2,1-2H3. The van der Waals surface area contributed by atoms with Crippen molar-refractivity contribution < 1.29 is 9.47 Å². The van der Waals surface area contributed by atoms with Gasteiger partial charge in [-0.3, -0.25) is 4.98 Å². The summed E-state index contributed by atoms with van der Waals surface area (Å²) in [6, 6.07) is 0. The van der Waals surface area contributed by atoms with Gasteiger partial charge in [0.05, 0.1) is 32.2 Å². The molecule has 1 aromatic rings. The van der Waals surface area contributed by atoms with Crippen LogP contribution in [0.15, 0.2) is 12.4 Å². The molecule has 0 aliphatic heterocycles. The van der Waals surface area contributed by atoms with Gasteiger partial charge in [0.15, 0.2) is 5.82 Å². The van der Waals surface area contributed by atoms with Crippen LogP contribution in [0.4, 0.5) is 5.82 Å². The molecule has 0 saturated heterocycles. The van der Waals surface area contributed by atoms with Gasteiger partial charge in [0, 0.05) is 19.6 Å². The third-order valence-electron chi connectivity index (χ3n) is 2.37. The topological polar surface area (TPSA) is 73.5 Å². The van der Waals surface area contributed by atoms with E-state index < -0.39 is 0 Å². The van der Waals surface area contributed by atoms with Gasteiger partial charge >= 0.3 is 0 Å². The Balaban J connectivity index is 2.54. The first-order valence-electron chi connectivity index (χ1n) is 6.29. The number of anilines is 1. The lowest BCUT2D eigenvalue weighted by atomic mass is 10.4. The predicted molar refractivity (Wildman–Crippen MR) is 71.0 cm³/mol. The van der Waals surface area contributed by atoms with Crippen molar-refractivity contribution in [3.63, 3.8) is 0 Å². The molecule has 0 aromatic carbocycles. The molecule has 2 N–H and O–H groups in total. The molecule has 0 aliphatic rings. The summed E-state index contributed by atoms with van der Waals surface area (Å²) in [6.45, 7) is 7.95. The van der Waals surface area contributed by atoms with Crippen molar-refractivity contribution in [3.8, 4) is 5.88 Å². The predicted octanol–water partition coefficient (Wildman–Crippen LogP) is 0.677. The summed E-state index contributed by atoms with van der Waals surface area (Å²) in [5.41, 5.74) is 5.36. The molecule has 0 aliphatic carbocycles. The number of nitrogens with two attached hydrogens (primary N) is 1. The van der Waals surface area contributed by atoms with Gasteiger partial charge in [-0.2, -0.15) is 4.98 Å². The molecule has 0 fully saturated rings. The zero-order valence-corrected chi connectivity index (χ0v) is 11.1. The normalized spacial score (nSPS) is 10.4. The van der Waals surface area contributed by atoms with Crippen LogP contribution in [-0.4, -0.2) is 49.4 Å². The molecule has 0 amide bonds. The van der Waals surface area contributed by atoms with E-state index in [0.29, 0.717) is 32.2 Å². The SMILES string of the molecule is CCOc1cncc(N(CC)CCOCCN)n1. The molecular formula is C12H22N4O2. The fraction of sp³-hybridized carbons (Fsp3) is 0.667. The third kappa shape index (κ3) is 4.85. The maximum atomic E-state index is 5.37. The van der Waals surface area contributed by atoms with Gasteiger partial charge in [-0.1, -0.05) is 0 Å². The van der Waals surface area contributed by atoms with Crippen molar-refractivity contribution in [3.05, 3.63) is 12.4 Å². The molecule has 0 atom stereocenters. The van der Waals surface area contributed by atoms with E-state index in [9.17, 15) is 0 Å². The molecule has 0 radical (unpaired) electrons. The van der Waals surface area contributed by atoms with Crippen LogP contribution in [0.25, 0.3) is 0 Å². The lowest BCUT2D eigenvalue weighted by molar-refractivity contribution is 0.147. The second kappa shape index (κ2) is 8.66. The van der Waals surface area contributed by atoms with E-state index in [1.165, 1.54) is 0 Å². The van der Waals surface area contributed by atoms with Gasteiger partial charge in [-0.05, 0) is 13.8 Å². The molecule has 0 spiro atoms. The molecule has 0 bridgehead atoms. The number of aromatic nitrogens is 2. The Morgan fingerprint density at radius 3 is 2.78 bits per heavy atom. The molecule has 102 valence electrons. The van der Waals surface area contributed by atoms with E-state index in [1.807, 2.05) is 6.92 Å². The molecule has 0 unspecified atom stereocenters. The third-order valence-corrected chi connectivity index (χ3v) is 2.37. The number of hydrogen-bond donors (Lipinski definition) is 1. The number of likely N-dealkylation sites (N-methyl/N-ethyl adjacent to an activating group) is 1. The van der Waals surface area contributed by atoms with Crippen molar-refractivity contribution in [1.82, 2.24) is 9.97 Å². The quantitative estimate of drug-likeness (QED) is 0.653. The number of nitrogens with zero attached hydrogens (tertiary/aromatic N) is 3. The Morgan fingerprint density at radius 1 is 1.28 bits per heavy atom. The number of hydrogen-bond acceptors (Lipinski definition) is 6. The smallest absolute Gasteiger partial charge is 0.234 e. The Hall–Kier alpha value is -1.40. The molecular weight excluding hydrogens is 232 g/mol. The second-order valence-electron chi connectivity index (χ2n) is 3.63. The van der Waals surface area contributed by atoms with E-state index >= 15 is 0 Å². The molecule has 6 heteroatoms. The summed E-state index contributed by atoms with van der Waals surface area (Å²) in [5.74, 6) is 1.36. The monoisotopic (exact) mass is 254 g/mol. The fourth-order valence-electron chi connectivity index (χ4n) is 1.50. The highest BCUT2D eigenvalue weighted by Crippen LogP contribution is 2.13. The Labute approximate surface area is 108 Å². The highest BCUT2D eigenvalue weighted by Gasteiger charge is 2.07. The Kier molecular flexibility index (Phi) is 7.05. The van der Waals surface area contributed by atoms with Gasteiger partial charge < -0.3 is 20.1 Å². The minimum Gasteiger partial charge on any atom is -0.477 e. The first-order chi connectivity index (χ1) is 8.81. The van der Waals surface area contributed by atoms with Gasteiger partial charge in [0.25, 0.3) is 0 Å². The highest BCUT2D eigenvalue weighted by atomic mass is 16.5. The maximum absolute atomic E-state index is 5.37. The first kappa shape index (κ1) is 14.7. The minimum absolute atomic E-state index is 0.547. The summed E-state index contributed by atoms with van der Waals surface area (Å²) in [7, 11) is 0. The number of rotatable bonds is 9. The van der Waals surface area contributed by atoms with Crippen LogP contribution in [0.2, 0.25) is 0 Å². The second-order valence-corrected chi connectivity index (χ2v) is 3.63. The summed E-state index contributed by atoms with van der Waals surface area (Å²) in [6.07, 6.45) is 3.35. The molecule has 1 aromatic heterocycles. The van der Waals surface area contributed by atoms with E-state index in [2.05, 4.69) is 21.8 Å². The average molecular weight is 254 g/mol. The Morgan fingerprint density at radius 2 is 2.11 bits per heavy atom. The molecule has 1 heterocycles. The van der Waals surface area contributed by atoms with Crippen LogP contribution in [0.5, 0.6) is 5.88 Å². The van der Waals surface area contributed by atoms with Gasteiger partial charge in [-0.15, -0.1) is 0 Å². The van der Waals surface area contributed by atoms with Crippen molar-refractivity contribution in [2.45, 2.75) is 13.8 Å². The summed E-state index contributed by atoms with van der Waals surface area (Å²) >= 11 is 0. The van der Waals surface area contributed by atoms with Crippen LogP contribution in [0, 0.1) is 0 Å². The highest BCUT2D eigenvalue weighted by molar-refractivity contribution is 5.37. The zero-order valence-electron chi connectivity index (χ0n) is 11.1. The van der Waals surface area contributed by atoms with Gasteiger partial charge in [-0.25, -0.2) is 0 Å². The van der Waals surface area contributed by atoms with E-state index in [0.717, 1.165) is 18.9 Å². The zero-order chi connectivity index (χ0) is 13.2. The van der Waals surface area contributed by atoms with E-state index in [4.69, 9.17) is 15.2 Å². The van der Waals surface area contributed by atoms with E-state index in [-0.39, 0.29) is 0 Å². The Bertz CT molecular complexity index is 336. The largest absolute Gasteiger partial charge is 0.477 e. The van der Waals surface area contributed by atoms with Crippen molar-refractivity contribution >= 4 is 5.82 Å².